The number of carbonyl (C=O) groups is 3. The molecule has 0 radical (unpaired) electrons. The van der Waals surface area contributed by atoms with Crippen LogP contribution in [0.5, 0.6) is 0 Å². The smallest absolute Gasteiger partial charge is 0.306 e. The summed E-state index contributed by atoms with van der Waals surface area (Å²) in [6, 6.07) is 7.08. The van der Waals surface area contributed by atoms with Crippen LogP contribution in [-0.4, -0.2) is 46.9 Å². The molecule has 25 heavy (non-hydrogen) atoms. The van der Waals surface area contributed by atoms with Gasteiger partial charge in [0.25, 0.3) is 5.91 Å². The quantitative estimate of drug-likeness (QED) is 0.848. The molecule has 0 spiro atoms. The number of nitrogens with zero attached hydrogens (tertiary/aromatic N) is 2. The third kappa shape index (κ3) is 3.44. The fourth-order valence-electron chi connectivity index (χ4n) is 3.64. The third-order valence-corrected chi connectivity index (χ3v) is 5.26. The molecular weight excluding hydrogens is 320 g/mol. The van der Waals surface area contributed by atoms with Crippen LogP contribution in [-0.2, 0) is 14.4 Å². The molecule has 0 saturated carbocycles. The van der Waals surface area contributed by atoms with Crippen LogP contribution in [0.15, 0.2) is 24.3 Å². The molecule has 0 bridgehead atoms. The first-order valence-electron chi connectivity index (χ1n) is 8.82. The van der Waals surface area contributed by atoms with Gasteiger partial charge in [-0.25, -0.2) is 4.90 Å². The van der Waals surface area contributed by atoms with Crippen molar-refractivity contribution >= 4 is 23.5 Å². The minimum atomic E-state index is -0.777. The van der Waals surface area contributed by atoms with E-state index in [1.807, 2.05) is 29.2 Å². The minimum absolute atomic E-state index is 0.169. The average molecular weight is 344 g/mol. The Morgan fingerprint density at radius 3 is 2.24 bits per heavy atom. The van der Waals surface area contributed by atoms with Gasteiger partial charge in [-0.05, 0) is 49.5 Å². The molecule has 134 valence electrons. The summed E-state index contributed by atoms with van der Waals surface area (Å²) in [5.74, 6) is -1.12. The topological polar surface area (TPSA) is 77.9 Å². The number of rotatable bonds is 4. The Labute approximate surface area is 147 Å². The molecule has 6 heteroatoms. The molecule has 3 rings (SSSR count). The summed E-state index contributed by atoms with van der Waals surface area (Å²) in [6.45, 7) is 5.28. The van der Waals surface area contributed by atoms with Crippen LogP contribution >= 0.6 is 0 Å². The van der Waals surface area contributed by atoms with Crippen LogP contribution in [0.25, 0.3) is 0 Å². The molecule has 2 aliphatic heterocycles. The monoisotopic (exact) mass is 344 g/mol. The number of hydrogen-bond donors (Lipinski definition) is 1. The maximum Gasteiger partial charge on any atom is 0.306 e. The second-order valence-electron chi connectivity index (χ2n) is 7.18. The Morgan fingerprint density at radius 2 is 1.72 bits per heavy atom. The highest BCUT2D eigenvalue weighted by Crippen LogP contribution is 2.29. The van der Waals surface area contributed by atoms with Gasteiger partial charge in [-0.15, -0.1) is 0 Å². The Hall–Kier alpha value is -2.21. The van der Waals surface area contributed by atoms with Gasteiger partial charge in [0.2, 0.25) is 5.91 Å². The lowest BCUT2D eigenvalue weighted by molar-refractivity contribution is -0.143. The number of benzene rings is 1. The molecule has 2 fully saturated rings. The van der Waals surface area contributed by atoms with Crippen LogP contribution < -0.4 is 4.90 Å². The van der Waals surface area contributed by atoms with Crippen LogP contribution in [0.4, 0.5) is 5.69 Å². The average Bonchev–Trinajstić information content (AvgIpc) is 2.89. The van der Waals surface area contributed by atoms with Gasteiger partial charge in [-0.3, -0.25) is 19.3 Å². The number of aliphatic carboxylic acids is 1. The van der Waals surface area contributed by atoms with Crippen molar-refractivity contribution in [1.29, 1.82) is 0 Å². The molecule has 2 aliphatic rings. The van der Waals surface area contributed by atoms with E-state index in [9.17, 15) is 14.4 Å². The number of carbonyl (C=O) groups excluding carboxylic acids is 2. The predicted molar refractivity (Wildman–Crippen MR) is 93.4 cm³/mol. The van der Waals surface area contributed by atoms with Gasteiger partial charge in [0.15, 0.2) is 0 Å². The van der Waals surface area contributed by atoms with Crippen molar-refractivity contribution in [1.82, 2.24) is 4.90 Å². The summed E-state index contributed by atoms with van der Waals surface area (Å²) in [5, 5.41) is 9.09. The van der Waals surface area contributed by atoms with E-state index in [1.165, 1.54) is 4.90 Å². The lowest BCUT2D eigenvalue weighted by Gasteiger charge is -2.33. The molecule has 2 amide bonds. The molecule has 1 atom stereocenters. The maximum absolute atomic E-state index is 12.8. The molecule has 1 aromatic rings. The highest BCUT2D eigenvalue weighted by Gasteiger charge is 2.43. The first kappa shape index (κ1) is 17.6. The van der Waals surface area contributed by atoms with Crippen LogP contribution in [0.1, 0.15) is 44.6 Å². The van der Waals surface area contributed by atoms with E-state index in [4.69, 9.17) is 5.11 Å². The molecule has 0 aliphatic carbocycles. The predicted octanol–water partition coefficient (Wildman–Crippen LogP) is 2.24. The molecule has 0 unspecified atom stereocenters. The van der Waals surface area contributed by atoms with Crippen LogP contribution in [0.2, 0.25) is 0 Å². The first-order chi connectivity index (χ1) is 11.9. The summed E-state index contributed by atoms with van der Waals surface area (Å²) in [7, 11) is 0. The van der Waals surface area contributed by atoms with Gasteiger partial charge in [-0.2, -0.15) is 0 Å². The molecule has 0 aromatic heterocycles. The molecule has 1 aromatic carbocycles. The van der Waals surface area contributed by atoms with Gasteiger partial charge in [0, 0.05) is 0 Å². The van der Waals surface area contributed by atoms with Gasteiger partial charge in [0.05, 0.1) is 24.1 Å². The zero-order valence-electron chi connectivity index (χ0n) is 14.6. The largest absolute Gasteiger partial charge is 0.481 e. The number of piperidine rings is 1. The van der Waals surface area contributed by atoms with E-state index in [0.717, 1.165) is 5.56 Å². The first-order valence-corrected chi connectivity index (χ1v) is 8.82. The fraction of sp³-hybridized carbons (Fsp3) is 0.526. The van der Waals surface area contributed by atoms with Crippen molar-refractivity contribution in [2.45, 2.75) is 45.1 Å². The summed E-state index contributed by atoms with van der Waals surface area (Å²) in [6.07, 6.45) is 1.22. The second kappa shape index (κ2) is 6.96. The number of amides is 2. The van der Waals surface area contributed by atoms with Gasteiger partial charge in [0.1, 0.15) is 0 Å². The van der Waals surface area contributed by atoms with Crippen molar-refractivity contribution in [2.75, 3.05) is 18.0 Å². The molecule has 2 saturated heterocycles. The van der Waals surface area contributed by atoms with Crippen molar-refractivity contribution in [3.63, 3.8) is 0 Å². The van der Waals surface area contributed by atoms with Crippen LogP contribution in [0.3, 0.4) is 0 Å². The van der Waals surface area contributed by atoms with Gasteiger partial charge < -0.3 is 5.11 Å². The molecule has 6 nitrogen and oxygen atoms in total. The zero-order valence-corrected chi connectivity index (χ0v) is 14.6. The Bertz CT molecular complexity index is 675. The minimum Gasteiger partial charge on any atom is -0.481 e. The number of anilines is 1. The molecular formula is C19H24N2O4. The standard InChI is InChI=1S/C19H24N2O4/c1-12(2)13-3-5-15(6-4-13)21-17(22)11-16(18(21)23)20-9-7-14(8-10-20)19(24)25/h3-6,12,14,16H,7-11H2,1-2H3,(H,24,25)/t16-/m1/s1. The SMILES string of the molecule is CC(C)c1ccc(N2C(=O)C[C@@H](N3CCC(C(=O)O)CC3)C2=O)cc1. The summed E-state index contributed by atoms with van der Waals surface area (Å²) < 4.78 is 0. The second-order valence-corrected chi connectivity index (χ2v) is 7.18. The normalized spacial score (nSPS) is 22.8. The van der Waals surface area contributed by atoms with Gasteiger partial charge >= 0.3 is 5.97 Å². The van der Waals surface area contributed by atoms with E-state index in [1.54, 1.807) is 0 Å². The molecule has 2 heterocycles. The Morgan fingerprint density at radius 1 is 1.12 bits per heavy atom. The van der Waals surface area contributed by atoms with Crippen LogP contribution in [0, 0.1) is 5.92 Å². The third-order valence-electron chi connectivity index (χ3n) is 5.26. The Balaban J connectivity index is 1.71. The number of imide groups is 1. The number of carboxylic acids is 1. The number of carboxylic acid groups (broad SMARTS) is 1. The van der Waals surface area contributed by atoms with E-state index in [2.05, 4.69) is 13.8 Å². The van der Waals surface area contributed by atoms with Gasteiger partial charge in [-0.1, -0.05) is 26.0 Å². The van der Waals surface area contributed by atoms with Crippen molar-refractivity contribution in [3.05, 3.63) is 29.8 Å². The fourth-order valence-corrected chi connectivity index (χ4v) is 3.64. The number of likely N-dealkylation sites (tertiary alicyclic amines) is 1. The lowest BCUT2D eigenvalue weighted by atomic mass is 9.95. The molecule has 1 N–H and O–H groups in total. The van der Waals surface area contributed by atoms with Crippen molar-refractivity contribution in [2.24, 2.45) is 5.92 Å². The van der Waals surface area contributed by atoms with Crippen molar-refractivity contribution in [3.8, 4) is 0 Å². The van der Waals surface area contributed by atoms with Crippen molar-refractivity contribution < 1.29 is 19.5 Å². The highest BCUT2D eigenvalue weighted by atomic mass is 16.4. The van der Waals surface area contributed by atoms with E-state index in [0.29, 0.717) is 37.5 Å². The van der Waals surface area contributed by atoms with E-state index in [-0.39, 0.29) is 24.2 Å². The van der Waals surface area contributed by atoms with E-state index >= 15 is 0 Å². The lowest BCUT2D eigenvalue weighted by Crippen LogP contribution is -2.46. The summed E-state index contributed by atoms with van der Waals surface area (Å²) in [5.41, 5.74) is 1.78. The highest BCUT2D eigenvalue weighted by molar-refractivity contribution is 6.22. The summed E-state index contributed by atoms with van der Waals surface area (Å²) in [4.78, 5) is 39.5. The maximum atomic E-state index is 12.8. The summed E-state index contributed by atoms with van der Waals surface area (Å²) >= 11 is 0. The Kier molecular flexibility index (Phi) is 4.90. The van der Waals surface area contributed by atoms with E-state index < -0.39 is 12.0 Å². The number of hydrogen-bond acceptors (Lipinski definition) is 4. The zero-order chi connectivity index (χ0) is 18.1.